The second-order valence-electron chi connectivity index (χ2n) is 5.57. The number of hydrogen-bond acceptors (Lipinski definition) is 2. The Labute approximate surface area is 167 Å². The lowest BCUT2D eigenvalue weighted by Crippen LogP contribution is -2.30. The van der Waals surface area contributed by atoms with Gasteiger partial charge < -0.3 is 0 Å². The molecule has 26 heavy (non-hydrogen) atoms. The van der Waals surface area contributed by atoms with Crippen LogP contribution in [0.3, 0.4) is 0 Å². The molecule has 0 saturated carbocycles. The molecule has 0 aliphatic heterocycles. The van der Waals surface area contributed by atoms with Crippen molar-refractivity contribution in [3.63, 3.8) is 0 Å². The molecule has 0 saturated heterocycles. The van der Waals surface area contributed by atoms with Crippen molar-refractivity contribution in [2.75, 3.05) is 4.31 Å². The van der Waals surface area contributed by atoms with E-state index in [0.717, 1.165) is 5.56 Å². The van der Waals surface area contributed by atoms with E-state index >= 15 is 0 Å². The van der Waals surface area contributed by atoms with Gasteiger partial charge in [0.15, 0.2) is 0 Å². The number of anilines is 1. The van der Waals surface area contributed by atoms with Gasteiger partial charge in [0.2, 0.25) is 0 Å². The molecule has 3 nitrogen and oxygen atoms in total. The summed E-state index contributed by atoms with van der Waals surface area (Å²) in [4.78, 5) is 0.149. The molecule has 0 aliphatic carbocycles. The minimum atomic E-state index is -3.81. The third-order valence-corrected chi connectivity index (χ3v) is 6.26. The van der Waals surface area contributed by atoms with Gasteiger partial charge in [-0.15, -0.1) is 0 Å². The molecule has 0 aliphatic rings. The Morgan fingerprint density at radius 3 is 1.88 bits per heavy atom. The summed E-state index contributed by atoms with van der Waals surface area (Å²) in [5, 5.41) is 1.51. The maximum absolute atomic E-state index is 13.2. The molecule has 0 atom stereocenters. The molecule has 0 amide bonds. The Morgan fingerprint density at radius 2 is 1.31 bits per heavy atom. The van der Waals surface area contributed by atoms with Gasteiger partial charge >= 0.3 is 0 Å². The van der Waals surface area contributed by atoms with Crippen molar-refractivity contribution >= 4 is 50.5 Å². The first kappa shape index (κ1) is 19.1. The smallest absolute Gasteiger partial charge is 0.262 e. The van der Waals surface area contributed by atoms with Crippen molar-refractivity contribution in [2.24, 2.45) is 0 Å². The first-order valence-electron chi connectivity index (χ1n) is 7.64. The van der Waals surface area contributed by atoms with Crippen molar-refractivity contribution in [1.29, 1.82) is 0 Å². The molecule has 3 aromatic rings. The zero-order valence-corrected chi connectivity index (χ0v) is 16.5. The molecule has 3 aromatic carbocycles. The van der Waals surface area contributed by atoms with Gasteiger partial charge in [0, 0.05) is 15.1 Å². The van der Waals surface area contributed by atoms with E-state index in [-0.39, 0.29) is 11.4 Å². The van der Waals surface area contributed by atoms with E-state index in [0.29, 0.717) is 20.8 Å². The first-order chi connectivity index (χ1) is 12.4. The highest BCUT2D eigenvalue weighted by atomic mass is 35.5. The summed E-state index contributed by atoms with van der Waals surface area (Å²) >= 11 is 17.9. The van der Waals surface area contributed by atoms with Crippen LogP contribution in [0.2, 0.25) is 15.1 Å². The average Bonchev–Trinajstić information content (AvgIpc) is 2.61. The summed E-state index contributed by atoms with van der Waals surface area (Å²) < 4.78 is 27.8. The zero-order valence-electron chi connectivity index (χ0n) is 13.4. The summed E-state index contributed by atoms with van der Waals surface area (Å²) in [6.45, 7) is 0.141. The van der Waals surface area contributed by atoms with Crippen LogP contribution < -0.4 is 4.31 Å². The van der Waals surface area contributed by atoms with Gasteiger partial charge in [0.25, 0.3) is 10.0 Å². The maximum Gasteiger partial charge on any atom is 0.264 e. The van der Waals surface area contributed by atoms with E-state index in [9.17, 15) is 8.42 Å². The van der Waals surface area contributed by atoms with Gasteiger partial charge in [-0.05, 0) is 60.2 Å². The fraction of sp³-hybridized carbons (Fsp3) is 0.0526. The van der Waals surface area contributed by atoms with Crippen LogP contribution in [0.25, 0.3) is 0 Å². The van der Waals surface area contributed by atoms with E-state index in [1.807, 2.05) is 0 Å². The normalized spacial score (nSPS) is 11.3. The second kappa shape index (κ2) is 7.89. The molecule has 3 rings (SSSR count). The number of benzene rings is 3. The summed E-state index contributed by atoms with van der Waals surface area (Å²) in [5.41, 5.74) is 1.27. The third kappa shape index (κ3) is 4.33. The predicted molar refractivity (Wildman–Crippen MR) is 108 cm³/mol. The van der Waals surface area contributed by atoms with Crippen molar-refractivity contribution in [3.05, 3.63) is 93.4 Å². The van der Waals surface area contributed by atoms with Crippen LogP contribution in [0.4, 0.5) is 5.69 Å². The van der Waals surface area contributed by atoms with E-state index in [1.54, 1.807) is 60.7 Å². The Bertz CT molecular complexity index is 1000. The van der Waals surface area contributed by atoms with Crippen LogP contribution in [-0.4, -0.2) is 8.42 Å². The average molecular weight is 427 g/mol. The summed E-state index contributed by atoms with van der Waals surface area (Å²) in [6.07, 6.45) is 0. The minimum absolute atomic E-state index is 0.141. The topological polar surface area (TPSA) is 37.4 Å². The Balaban J connectivity index is 2.07. The number of hydrogen-bond donors (Lipinski definition) is 0. The maximum atomic E-state index is 13.2. The van der Waals surface area contributed by atoms with Crippen LogP contribution in [0.15, 0.2) is 77.7 Å². The molecular formula is C19H14Cl3NO2S. The molecule has 134 valence electrons. The van der Waals surface area contributed by atoms with Gasteiger partial charge in [0.05, 0.1) is 17.1 Å². The van der Waals surface area contributed by atoms with Crippen molar-refractivity contribution < 1.29 is 8.42 Å². The number of sulfonamides is 1. The molecule has 0 unspecified atom stereocenters. The molecular weight excluding hydrogens is 413 g/mol. The van der Waals surface area contributed by atoms with Gasteiger partial charge in [0.1, 0.15) is 0 Å². The SMILES string of the molecule is O=S(=O)(c1ccc(Cl)cc1)N(Cc1ccc(Cl)cc1)c1cccc(Cl)c1. The second-order valence-corrected chi connectivity index (χ2v) is 8.74. The zero-order chi connectivity index (χ0) is 18.7. The molecule has 0 radical (unpaired) electrons. The largest absolute Gasteiger partial charge is 0.264 e. The monoisotopic (exact) mass is 425 g/mol. The first-order valence-corrected chi connectivity index (χ1v) is 10.2. The molecule has 0 bridgehead atoms. The molecule has 0 aromatic heterocycles. The summed E-state index contributed by atoms with van der Waals surface area (Å²) in [6, 6.07) is 19.8. The number of halogens is 3. The highest BCUT2D eigenvalue weighted by molar-refractivity contribution is 7.92. The standard InChI is InChI=1S/C19H14Cl3NO2S/c20-15-6-4-14(5-7-15)13-23(18-3-1-2-17(22)12-18)26(24,25)19-10-8-16(21)9-11-19/h1-12H,13H2. The number of nitrogens with zero attached hydrogens (tertiary/aromatic N) is 1. The van der Waals surface area contributed by atoms with Crippen LogP contribution in [-0.2, 0) is 16.6 Å². The Hall–Kier alpha value is -1.72. The highest BCUT2D eigenvalue weighted by Gasteiger charge is 2.25. The van der Waals surface area contributed by atoms with E-state index < -0.39 is 10.0 Å². The summed E-state index contributed by atoms with van der Waals surface area (Å²) in [7, 11) is -3.81. The molecule has 0 N–H and O–H groups in total. The molecule has 7 heteroatoms. The lowest BCUT2D eigenvalue weighted by Gasteiger charge is -2.25. The molecule has 0 heterocycles. The number of rotatable bonds is 5. The lowest BCUT2D eigenvalue weighted by atomic mass is 10.2. The van der Waals surface area contributed by atoms with Crippen LogP contribution >= 0.6 is 34.8 Å². The lowest BCUT2D eigenvalue weighted by molar-refractivity contribution is 0.590. The van der Waals surface area contributed by atoms with Gasteiger partial charge in [-0.2, -0.15) is 0 Å². The minimum Gasteiger partial charge on any atom is -0.262 e. The molecule has 0 spiro atoms. The van der Waals surface area contributed by atoms with Crippen LogP contribution in [0.5, 0.6) is 0 Å². The van der Waals surface area contributed by atoms with Crippen molar-refractivity contribution in [3.8, 4) is 0 Å². The highest BCUT2D eigenvalue weighted by Crippen LogP contribution is 2.29. The summed E-state index contributed by atoms with van der Waals surface area (Å²) in [5.74, 6) is 0. The Kier molecular flexibility index (Phi) is 5.78. The molecule has 0 fully saturated rings. The van der Waals surface area contributed by atoms with E-state index in [1.165, 1.54) is 16.4 Å². The van der Waals surface area contributed by atoms with Gasteiger partial charge in [-0.25, -0.2) is 8.42 Å². The van der Waals surface area contributed by atoms with Gasteiger partial charge in [-0.3, -0.25) is 4.31 Å². The van der Waals surface area contributed by atoms with Crippen molar-refractivity contribution in [2.45, 2.75) is 11.4 Å². The predicted octanol–water partition coefficient (Wildman–Crippen LogP) is 6.04. The van der Waals surface area contributed by atoms with E-state index in [4.69, 9.17) is 34.8 Å². The quantitative estimate of drug-likeness (QED) is 0.498. The van der Waals surface area contributed by atoms with E-state index in [2.05, 4.69) is 0 Å². The van der Waals surface area contributed by atoms with Crippen LogP contribution in [0.1, 0.15) is 5.56 Å². The van der Waals surface area contributed by atoms with Crippen molar-refractivity contribution in [1.82, 2.24) is 0 Å². The third-order valence-electron chi connectivity index (χ3n) is 3.74. The van der Waals surface area contributed by atoms with Gasteiger partial charge in [-0.1, -0.05) is 53.0 Å². The van der Waals surface area contributed by atoms with Crippen LogP contribution in [0, 0.1) is 0 Å². The fourth-order valence-electron chi connectivity index (χ4n) is 2.44. The Morgan fingerprint density at radius 1 is 0.731 bits per heavy atom. The fourth-order valence-corrected chi connectivity index (χ4v) is 4.32.